The normalized spacial score (nSPS) is 14.8. The maximum Gasteiger partial charge on any atom is 0.160 e. The van der Waals surface area contributed by atoms with Crippen LogP contribution in [0.15, 0.2) is 180 Å². The third kappa shape index (κ3) is 4.66. The Bertz CT molecular complexity index is 2760. The number of furan rings is 1. The number of aromatic nitrogens is 2. The molecular weight excluding hydrogens is 621 g/mol. The van der Waals surface area contributed by atoms with E-state index < -0.39 is 0 Å². The molecule has 0 amide bonds. The maximum atomic E-state index is 6.42. The molecule has 2 heterocycles. The largest absolute Gasteiger partial charge is 0.455 e. The van der Waals surface area contributed by atoms with E-state index in [0.717, 1.165) is 61.1 Å². The molecule has 1 aliphatic carbocycles. The van der Waals surface area contributed by atoms with Gasteiger partial charge in [-0.15, -0.1) is 0 Å². The molecule has 10 rings (SSSR count). The molecule has 0 saturated carbocycles. The molecule has 1 unspecified atom stereocenters. The zero-order chi connectivity index (χ0) is 33.9. The Hall–Kier alpha value is -6.58. The maximum absolute atomic E-state index is 6.42. The summed E-state index contributed by atoms with van der Waals surface area (Å²) < 4.78 is 6.42. The lowest BCUT2D eigenvalue weighted by Gasteiger charge is -2.28. The van der Waals surface area contributed by atoms with Crippen LogP contribution in [0.25, 0.3) is 78.1 Å². The molecule has 3 heteroatoms. The second kappa shape index (κ2) is 11.5. The summed E-state index contributed by atoms with van der Waals surface area (Å²) in [6.45, 7) is 2.35. The highest BCUT2D eigenvalue weighted by Gasteiger charge is 2.40. The van der Waals surface area contributed by atoms with Crippen LogP contribution in [0, 0.1) is 0 Å². The predicted octanol–water partition coefficient (Wildman–Crippen LogP) is 12.4. The number of hydrogen-bond donors (Lipinski definition) is 0. The lowest BCUT2D eigenvalue weighted by atomic mass is 9.74. The Morgan fingerprint density at radius 2 is 1.04 bits per heavy atom. The molecule has 9 aromatic rings. The summed E-state index contributed by atoms with van der Waals surface area (Å²) in [7, 11) is 0. The lowest BCUT2D eigenvalue weighted by molar-refractivity contribution is 0.670. The zero-order valence-electron chi connectivity index (χ0n) is 28.0. The number of nitrogens with zero attached hydrogens (tertiary/aromatic N) is 2. The van der Waals surface area contributed by atoms with Crippen LogP contribution in [0.4, 0.5) is 0 Å². The van der Waals surface area contributed by atoms with Crippen molar-refractivity contribution in [3.05, 3.63) is 193 Å². The molecule has 0 spiro atoms. The second-order valence-corrected chi connectivity index (χ2v) is 13.5. The van der Waals surface area contributed by atoms with Crippen LogP contribution >= 0.6 is 0 Å². The topological polar surface area (TPSA) is 38.9 Å². The Kier molecular flexibility index (Phi) is 6.62. The van der Waals surface area contributed by atoms with Gasteiger partial charge in [0.25, 0.3) is 0 Å². The van der Waals surface area contributed by atoms with E-state index in [9.17, 15) is 0 Å². The molecule has 1 atom stereocenters. The van der Waals surface area contributed by atoms with Gasteiger partial charge in [-0.2, -0.15) is 0 Å². The SMILES string of the molecule is CC1(c2ccccc2)c2ccccc2-c2cc(-c3cc(-c4cccc(-c5cccc6c5oc5ccccc56)c4)nc(-c4ccccc4)n3)ccc21. The van der Waals surface area contributed by atoms with Crippen molar-refractivity contribution in [2.24, 2.45) is 0 Å². The van der Waals surface area contributed by atoms with Gasteiger partial charge in [-0.05, 0) is 64.6 Å². The van der Waals surface area contributed by atoms with E-state index in [1.54, 1.807) is 0 Å². The fourth-order valence-electron chi connectivity index (χ4n) is 8.02. The molecule has 0 aliphatic heterocycles. The van der Waals surface area contributed by atoms with E-state index in [0.29, 0.717) is 5.82 Å². The van der Waals surface area contributed by atoms with Crippen molar-refractivity contribution in [1.82, 2.24) is 9.97 Å². The van der Waals surface area contributed by atoms with Gasteiger partial charge in [0, 0.05) is 38.4 Å². The zero-order valence-corrected chi connectivity index (χ0v) is 28.0. The number of fused-ring (bicyclic) bond motifs is 6. The van der Waals surface area contributed by atoms with Gasteiger partial charge in [0.1, 0.15) is 11.2 Å². The third-order valence-electron chi connectivity index (χ3n) is 10.6. The summed E-state index contributed by atoms with van der Waals surface area (Å²) in [4.78, 5) is 10.4. The second-order valence-electron chi connectivity index (χ2n) is 13.5. The van der Waals surface area contributed by atoms with Crippen LogP contribution in [0.2, 0.25) is 0 Å². The molecule has 1 aliphatic rings. The van der Waals surface area contributed by atoms with Crippen molar-refractivity contribution in [1.29, 1.82) is 0 Å². The van der Waals surface area contributed by atoms with Crippen molar-refractivity contribution >= 4 is 21.9 Å². The molecule has 0 N–H and O–H groups in total. The molecule has 0 radical (unpaired) electrons. The smallest absolute Gasteiger partial charge is 0.160 e. The van der Waals surface area contributed by atoms with Crippen LogP contribution < -0.4 is 0 Å². The first-order valence-corrected chi connectivity index (χ1v) is 17.4. The summed E-state index contributed by atoms with van der Waals surface area (Å²) in [5.41, 5.74) is 14.9. The van der Waals surface area contributed by atoms with Gasteiger partial charge < -0.3 is 4.42 Å². The monoisotopic (exact) mass is 652 g/mol. The van der Waals surface area contributed by atoms with Gasteiger partial charge in [-0.25, -0.2) is 9.97 Å². The summed E-state index contributed by atoms with van der Waals surface area (Å²) in [5, 5.41) is 2.24. The Balaban J connectivity index is 1.13. The Morgan fingerprint density at radius 3 is 1.88 bits per heavy atom. The van der Waals surface area contributed by atoms with Crippen molar-refractivity contribution in [2.75, 3.05) is 0 Å². The van der Waals surface area contributed by atoms with E-state index in [-0.39, 0.29) is 5.41 Å². The third-order valence-corrected chi connectivity index (χ3v) is 10.6. The molecule has 3 nitrogen and oxygen atoms in total. The van der Waals surface area contributed by atoms with E-state index in [1.165, 1.54) is 27.8 Å². The van der Waals surface area contributed by atoms with Gasteiger partial charge in [0.15, 0.2) is 5.82 Å². The first-order chi connectivity index (χ1) is 25.1. The van der Waals surface area contributed by atoms with Gasteiger partial charge in [0.2, 0.25) is 0 Å². The number of rotatable bonds is 5. The van der Waals surface area contributed by atoms with E-state index in [4.69, 9.17) is 14.4 Å². The van der Waals surface area contributed by atoms with Crippen molar-refractivity contribution in [2.45, 2.75) is 12.3 Å². The van der Waals surface area contributed by atoms with Crippen LogP contribution in [0.5, 0.6) is 0 Å². The summed E-state index contributed by atoms with van der Waals surface area (Å²) in [5.74, 6) is 0.697. The lowest BCUT2D eigenvalue weighted by Crippen LogP contribution is -2.22. The van der Waals surface area contributed by atoms with Crippen LogP contribution in [0.3, 0.4) is 0 Å². The van der Waals surface area contributed by atoms with Crippen molar-refractivity contribution < 1.29 is 4.42 Å². The van der Waals surface area contributed by atoms with E-state index in [1.807, 2.05) is 30.3 Å². The molecule has 0 fully saturated rings. The van der Waals surface area contributed by atoms with Crippen LogP contribution in [0.1, 0.15) is 23.6 Å². The minimum Gasteiger partial charge on any atom is -0.455 e. The van der Waals surface area contributed by atoms with E-state index >= 15 is 0 Å². The standard InChI is InChI=1S/C48H32N2O/c1-48(35-18-6-3-7-19-35)41-24-10-8-20-37(41)40-29-34(26-27-42(40)48)44-30-43(49-47(50-44)31-14-4-2-5-15-31)33-17-12-16-32(28-33)36-22-13-23-39-38-21-9-11-25-45(38)51-46(36)39/h2-30H,1H3. The van der Waals surface area contributed by atoms with E-state index in [2.05, 4.69) is 153 Å². The molecule has 0 bridgehead atoms. The molecule has 51 heavy (non-hydrogen) atoms. The molecular formula is C48H32N2O. The number of hydrogen-bond acceptors (Lipinski definition) is 3. The van der Waals surface area contributed by atoms with Gasteiger partial charge in [0.05, 0.1) is 11.4 Å². The minimum atomic E-state index is -0.249. The average molecular weight is 653 g/mol. The van der Waals surface area contributed by atoms with Crippen molar-refractivity contribution in [3.8, 4) is 56.2 Å². The fourth-order valence-corrected chi connectivity index (χ4v) is 8.02. The van der Waals surface area contributed by atoms with Gasteiger partial charge in [-0.3, -0.25) is 0 Å². The molecule has 0 saturated heterocycles. The minimum absolute atomic E-state index is 0.249. The number of benzene rings is 7. The highest BCUT2D eigenvalue weighted by Crippen LogP contribution is 2.53. The van der Waals surface area contributed by atoms with Gasteiger partial charge in [-0.1, -0.05) is 152 Å². The van der Waals surface area contributed by atoms with Gasteiger partial charge >= 0.3 is 0 Å². The molecule has 2 aromatic heterocycles. The molecule has 7 aromatic carbocycles. The summed E-state index contributed by atoms with van der Waals surface area (Å²) in [6, 6.07) is 62.1. The van der Waals surface area contributed by atoms with Crippen molar-refractivity contribution in [3.63, 3.8) is 0 Å². The Morgan fingerprint density at radius 1 is 0.431 bits per heavy atom. The molecule has 240 valence electrons. The quantitative estimate of drug-likeness (QED) is 0.186. The Labute approximate surface area is 296 Å². The first-order valence-electron chi connectivity index (χ1n) is 17.4. The highest BCUT2D eigenvalue weighted by atomic mass is 16.3. The first kappa shape index (κ1) is 29.3. The summed E-state index contributed by atoms with van der Waals surface area (Å²) in [6.07, 6.45) is 0. The van der Waals surface area contributed by atoms with Crippen LogP contribution in [-0.2, 0) is 5.41 Å². The predicted molar refractivity (Wildman–Crippen MR) is 208 cm³/mol. The summed E-state index contributed by atoms with van der Waals surface area (Å²) >= 11 is 0. The fraction of sp³-hybridized carbons (Fsp3) is 0.0417. The van der Waals surface area contributed by atoms with Crippen LogP contribution in [-0.4, -0.2) is 9.97 Å². The number of para-hydroxylation sites is 2. The highest BCUT2D eigenvalue weighted by molar-refractivity contribution is 6.09. The average Bonchev–Trinajstić information content (AvgIpc) is 3.72.